The van der Waals surface area contributed by atoms with Crippen LogP contribution in [0.4, 0.5) is 0 Å². The molecule has 10 unspecified atom stereocenters. The van der Waals surface area contributed by atoms with Crippen molar-refractivity contribution in [2.45, 2.75) is 195 Å². The molecular formula is C39H71NO4. The SMILES string of the molecule is CC1CCCCCC(C)CC(C)CCCC(C)CC(C)CCC(C)OC(=O)C2CCCN2C(=O)CC2OC(CC1)CCC2C. The fourth-order valence-corrected chi connectivity index (χ4v) is 8.44. The van der Waals surface area contributed by atoms with Gasteiger partial charge in [0.1, 0.15) is 6.04 Å². The maximum absolute atomic E-state index is 13.5. The zero-order valence-corrected chi connectivity index (χ0v) is 30.0. The first-order valence-electron chi connectivity index (χ1n) is 19.2. The van der Waals surface area contributed by atoms with E-state index in [4.69, 9.17) is 9.47 Å². The lowest BCUT2D eigenvalue weighted by Crippen LogP contribution is -2.45. The van der Waals surface area contributed by atoms with Crippen LogP contribution < -0.4 is 0 Å². The summed E-state index contributed by atoms with van der Waals surface area (Å²) in [5, 5.41) is 0. The second-order valence-electron chi connectivity index (χ2n) is 16.3. The summed E-state index contributed by atoms with van der Waals surface area (Å²) < 4.78 is 12.5. The summed E-state index contributed by atoms with van der Waals surface area (Å²) in [6.07, 6.45) is 22.0. The van der Waals surface area contributed by atoms with Crippen LogP contribution in [-0.2, 0) is 19.1 Å². The minimum atomic E-state index is -0.431. The largest absolute Gasteiger partial charge is 0.461 e. The van der Waals surface area contributed by atoms with E-state index in [1.165, 1.54) is 70.6 Å². The molecule has 256 valence electrons. The van der Waals surface area contributed by atoms with Crippen LogP contribution in [0, 0.1) is 35.5 Å². The van der Waals surface area contributed by atoms with Crippen molar-refractivity contribution in [1.29, 1.82) is 0 Å². The highest BCUT2D eigenvalue weighted by molar-refractivity contribution is 5.85. The van der Waals surface area contributed by atoms with Crippen molar-refractivity contribution in [1.82, 2.24) is 4.90 Å². The van der Waals surface area contributed by atoms with E-state index in [0.29, 0.717) is 31.2 Å². The third-order valence-corrected chi connectivity index (χ3v) is 11.4. The average Bonchev–Trinajstić information content (AvgIpc) is 3.46. The Morgan fingerprint density at radius 2 is 1.14 bits per heavy atom. The molecule has 5 heteroatoms. The summed E-state index contributed by atoms with van der Waals surface area (Å²) >= 11 is 0. The number of carbonyl (C=O) groups is 2. The van der Waals surface area contributed by atoms with Crippen LogP contribution in [0.3, 0.4) is 0 Å². The number of hydrogen-bond acceptors (Lipinski definition) is 4. The highest BCUT2D eigenvalue weighted by atomic mass is 16.5. The van der Waals surface area contributed by atoms with E-state index in [9.17, 15) is 9.59 Å². The van der Waals surface area contributed by atoms with Gasteiger partial charge in [0, 0.05) is 6.54 Å². The fourth-order valence-electron chi connectivity index (χ4n) is 8.44. The van der Waals surface area contributed by atoms with E-state index >= 15 is 0 Å². The smallest absolute Gasteiger partial charge is 0.329 e. The van der Waals surface area contributed by atoms with Crippen LogP contribution in [0.5, 0.6) is 0 Å². The van der Waals surface area contributed by atoms with E-state index in [2.05, 4.69) is 41.5 Å². The summed E-state index contributed by atoms with van der Waals surface area (Å²) in [5.74, 6) is 4.02. The Morgan fingerprint density at radius 1 is 0.568 bits per heavy atom. The Balaban J connectivity index is 1.57. The van der Waals surface area contributed by atoms with Gasteiger partial charge in [-0.3, -0.25) is 4.79 Å². The first kappa shape index (κ1) is 37.4. The Labute approximate surface area is 272 Å². The van der Waals surface area contributed by atoms with Gasteiger partial charge in [-0.2, -0.15) is 0 Å². The highest BCUT2D eigenvalue weighted by Crippen LogP contribution is 2.32. The molecule has 1 amide bonds. The summed E-state index contributed by atoms with van der Waals surface area (Å²) in [7, 11) is 0. The van der Waals surface area contributed by atoms with Gasteiger partial charge in [0.05, 0.1) is 24.7 Å². The number of hydrogen-bond donors (Lipinski definition) is 0. The van der Waals surface area contributed by atoms with Crippen LogP contribution >= 0.6 is 0 Å². The Hall–Kier alpha value is -1.10. The molecule has 3 aliphatic heterocycles. The number of nitrogens with zero attached hydrogens (tertiary/aromatic N) is 1. The number of ether oxygens (including phenoxy) is 2. The molecule has 3 rings (SSSR count). The van der Waals surface area contributed by atoms with Crippen molar-refractivity contribution in [3.8, 4) is 0 Å². The number of carbonyl (C=O) groups excluding carboxylic acids is 2. The molecule has 3 fully saturated rings. The van der Waals surface area contributed by atoms with Crippen LogP contribution in [-0.4, -0.2) is 47.7 Å². The quantitative estimate of drug-likeness (QED) is 0.254. The number of rotatable bonds is 0. The van der Waals surface area contributed by atoms with E-state index < -0.39 is 6.04 Å². The summed E-state index contributed by atoms with van der Waals surface area (Å²) in [6.45, 7) is 17.0. The maximum atomic E-state index is 13.5. The van der Waals surface area contributed by atoms with Gasteiger partial charge < -0.3 is 14.4 Å². The van der Waals surface area contributed by atoms with Crippen molar-refractivity contribution in [3.05, 3.63) is 0 Å². The molecule has 3 saturated heterocycles. The molecular weight excluding hydrogens is 546 g/mol. The van der Waals surface area contributed by atoms with E-state index in [1.807, 2.05) is 6.92 Å². The third-order valence-electron chi connectivity index (χ3n) is 11.4. The molecule has 0 aliphatic carbocycles. The van der Waals surface area contributed by atoms with Gasteiger partial charge in [-0.05, 0) is 107 Å². The predicted octanol–water partition coefficient (Wildman–Crippen LogP) is 10.1. The van der Waals surface area contributed by atoms with E-state index in [0.717, 1.165) is 62.2 Å². The molecule has 10 atom stereocenters. The molecule has 0 aromatic heterocycles. The van der Waals surface area contributed by atoms with Gasteiger partial charge >= 0.3 is 5.97 Å². The van der Waals surface area contributed by atoms with Crippen LogP contribution in [0.1, 0.15) is 170 Å². The van der Waals surface area contributed by atoms with Gasteiger partial charge in [-0.25, -0.2) is 4.79 Å². The number of amides is 1. The van der Waals surface area contributed by atoms with E-state index in [-0.39, 0.29) is 30.2 Å². The predicted molar refractivity (Wildman–Crippen MR) is 182 cm³/mol. The van der Waals surface area contributed by atoms with Crippen LogP contribution in [0.25, 0.3) is 0 Å². The van der Waals surface area contributed by atoms with Gasteiger partial charge in [-0.15, -0.1) is 0 Å². The van der Waals surface area contributed by atoms with Crippen LogP contribution in [0.15, 0.2) is 0 Å². The average molecular weight is 618 g/mol. The zero-order valence-electron chi connectivity index (χ0n) is 30.0. The summed E-state index contributed by atoms with van der Waals surface area (Å²) in [5.41, 5.74) is 0. The summed E-state index contributed by atoms with van der Waals surface area (Å²) in [4.78, 5) is 28.5. The van der Waals surface area contributed by atoms with Crippen LogP contribution in [0.2, 0.25) is 0 Å². The lowest BCUT2D eigenvalue weighted by molar-refractivity contribution is -0.159. The molecule has 0 spiro atoms. The normalized spacial score (nSPS) is 39.4. The fraction of sp³-hybridized carbons (Fsp3) is 0.949. The monoisotopic (exact) mass is 618 g/mol. The second kappa shape index (κ2) is 19.5. The minimum Gasteiger partial charge on any atom is -0.461 e. The lowest BCUT2D eigenvalue weighted by Gasteiger charge is -2.36. The molecule has 44 heavy (non-hydrogen) atoms. The lowest BCUT2D eigenvalue weighted by atomic mass is 9.86. The molecule has 0 aromatic carbocycles. The Kier molecular flexibility index (Phi) is 16.6. The summed E-state index contributed by atoms with van der Waals surface area (Å²) in [6, 6.07) is -0.431. The molecule has 5 nitrogen and oxygen atoms in total. The van der Waals surface area contributed by atoms with Crippen molar-refractivity contribution in [2.24, 2.45) is 35.5 Å². The van der Waals surface area contributed by atoms with E-state index in [1.54, 1.807) is 4.90 Å². The number of esters is 1. The second-order valence-corrected chi connectivity index (χ2v) is 16.3. The molecule has 0 radical (unpaired) electrons. The Morgan fingerprint density at radius 3 is 1.82 bits per heavy atom. The Bertz CT molecular complexity index is 831. The molecule has 0 saturated carbocycles. The molecule has 0 N–H and O–H groups in total. The van der Waals surface area contributed by atoms with Gasteiger partial charge in [0.2, 0.25) is 5.91 Å². The highest BCUT2D eigenvalue weighted by Gasteiger charge is 2.38. The number of cyclic esters (lactones) is 1. The van der Waals surface area contributed by atoms with Crippen molar-refractivity contribution in [2.75, 3.05) is 6.54 Å². The van der Waals surface area contributed by atoms with Crippen molar-refractivity contribution < 1.29 is 19.1 Å². The van der Waals surface area contributed by atoms with Crippen molar-refractivity contribution in [3.63, 3.8) is 0 Å². The molecule has 3 heterocycles. The molecule has 0 aromatic rings. The van der Waals surface area contributed by atoms with Crippen molar-refractivity contribution >= 4 is 11.9 Å². The first-order chi connectivity index (χ1) is 21.0. The topological polar surface area (TPSA) is 55.8 Å². The minimum absolute atomic E-state index is 0.0441. The zero-order chi connectivity index (χ0) is 32.1. The first-order valence-corrected chi connectivity index (χ1v) is 19.2. The maximum Gasteiger partial charge on any atom is 0.329 e. The third kappa shape index (κ3) is 13.3. The standard InChI is InChI=1S/C39H71NO4/c1-28-13-9-8-10-14-29(2)25-30(3)15-11-16-31(4)26-32(5)18-21-34(7)43-39(42)36-17-12-24-40(36)38(41)27-37-33(6)20-23-35(44-37)22-19-28/h28-37H,8-27H2,1-7H3. The van der Waals surface area contributed by atoms with Gasteiger partial charge in [-0.1, -0.05) is 92.9 Å². The number of fused-ring (bicyclic) bond motifs is 3. The molecule has 2 bridgehead atoms. The van der Waals surface area contributed by atoms with Gasteiger partial charge in [0.25, 0.3) is 0 Å². The van der Waals surface area contributed by atoms with Gasteiger partial charge in [0.15, 0.2) is 0 Å². The molecule has 3 aliphatic rings.